The average molecular weight is 219 g/mol. The number of amides is 1. The Morgan fingerprint density at radius 1 is 1.44 bits per heavy atom. The van der Waals surface area contributed by atoms with E-state index >= 15 is 0 Å². The zero-order valence-corrected chi connectivity index (χ0v) is 9.47. The maximum absolute atomic E-state index is 12.1. The number of hydrogen-bond acceptors (Lipinski definition) is 2. The van der Waals surface area contributed by atoms with E-state index in [-0.39, 0.29) is 17.9 Å². The Labute approximate surface area is 95.7 Å². The van der Waals surface area contributed by atoms with Gasteiger partial charge in [0.15, 0.2) is 0 Å². The van der Waals surface area contributed by atoms with E-state index in [1.807, 2.05) is 37.3 Å². The summed E-state index contributed by atoms with van der Waals surface area (Å²) in [6, 6.07) is 9.84. The molecule has 0 unspecified atom stereocenters. The van der Waals surface area contributed by atoms with Gasteiger partial charge in [-0.05, 0) is 12.0 Å². The molecule has 1 fully saturated rings. The monoisotopic (exact) mass is 219 g/mol. The van der Waals surface area contributed by atoms with Gasteiger partial charge >= 0.3 is 0 Å². The molecule has 16 heavy (non-hydrogen) atoms. The van der Waals surface area contributed by atoms with Gasteiger partial charge in [0.2, 0.25) is 5.91 Å². The topological polar surface area (TPSA) is 40.5 Å². The van der Waals surface area contributed by atoms with Crippen LogP contribution >= 0.6 is 0 Å². The number of benzene rings is 1. The Bertz CT molecular complexity index is 357. The van der Waals surface area contributed by atoms with Crippen LogP contribution in [0.3, 0.4) is 0 Å². The minimum Gasteiger partial charge on any atom is -0.389 e. The lowest BCUT2D eigenvalue weighted by Crippen LogP contribution is -2.54. The van der Waals surface area contributed by atoms with E-state index in [0.29, 0.717) is 13.1 Å². The summed E-state index contributed by atoms with van der Waals surface area (Å²) >= 11 is 0. The highest BCUT2D eigenvalue weighted by atomic mass is 16.3. The highest BCUT2D eigenvalue weighted by Crippen LogP contribution is 2.24. The van der Waals surface area contributed by atoms with Crippen molar-refractivity contribution in [3.63, 3.8) is 0 Å². The van der Waals surface area contributed by atoms with Gasteiger partial charge in [-0.25, -0.2) is 0 Å². The zero-order chi connectivity index (χ0) is 11.5. The van der Waals surface area contributed by atoms with Gasteiger partial charge in [-0.3, -0.25) is 4.79 Å². The Kier molecular flexibility index (Phi) is 3.25. The quantitative estimate of drug-likeness (QED) is 0.834. The van der Waals surface area contributed by atoms with Crippen LogP contribution in [0.4, 0.5) is 0 Å². The van der Waals surface area contributed by atoms with Crippen LogP contribution in [0.1, 0.15) is 24.8 Å². The van der Waals surface area contributed by atoms with Gasteiger partial charge in [0, 0.05) is 13.1 Å². The van der Waals surface area contributed by atoms with Crippen molar-refractivity contribution in [2.24, 2.45) is 0 Å². The van der Waals surface area contributed by atoms with Crippen molar-refractivity contribution in [1.82, 2.24) is 4.90 Å². The van der Waals surface area contributed by atoms with Crippen LogP contribution in [-0.2, 0) is 4.79 Å². The molecule has 1 saturated heterocycles. The first kappa shape index (κ1) is 11.1. The molecule has 1 aliphatic rings. The first-order valence-electron chi connectivity index (χ1n) is 5.74. The molecule has 3 heteroatoms. The number of nitrogens with zero attached hydrogens (tertiary/aromatic N) is 1. The molecule has 1 aromatic rings. The number of aliphatic hydroxyl groups is 1. The number of rotatable bonds is 3. The lowest BCUT2D eigenvalue weighted by atomic mass is 9.93. The van der Waals surface area contributed by atoms with Crippen molar-refractivity contribution in [3.05, 3.63) is 35.9 Å². The molecule has 0 aliphatic carbocycles. The lowest BCUT2D eigenvalue weighted by molar-refractivity contribution is -0.143. The summed E-state index contributed by atoms with van der Waals surface area (Å²) in [6.45, 7) is 3.00. The maximum Gasteiger partial charge on any atom is 0.230 e. The number of carbonyl (C=O) groups is 1. The average Bonchev–Trinajstić information content (AvgIpc) is 2.27. The van der Waals surface area contributed by atoms with Crippen molar-refractivity contribution < 1.29 is 9.90 Å². The van der Waals surface area contributed by atoms with Crippen LogP contribution in [0.25, 0.3) is 0 Å². The predicted octanol–water partition coefficient (Wildman–Crippen LogP) is 1.38. The van der Waals surface area contributed by atoms with Crippen molar-refractivity contribution in [1.29, 1.82) is 0 Å². The molecule has 0 bridgehead atoms. The second kappa shape index (κ2) is 4.66. The molecule has 2 rings (SSSR count). The van der Waals surface area contributed by atoms with Gasteiger partial charge in [-0.2, -0.15) is 0 Å². The molecule has 0 radical (unpaired) electrons. The second-order valence-corrected chi connectivity index (χ2v) is 4.27. The van der Waals surface area contributed by atoms with Crippen LogP contribution in [0.2, 0.25) is 0 Å². The molecule has 0 aromatic heterocycles. The molecule has 1 atom stereocenters. The molecule has 1 amide bonds. The van der Waals surface area contributed by atoms with Gasteiger partial charge in [0.1, 0.15) is 0 Å². The van der Waals surface area contributed by atoms with E-state index < -0.39 is 0 Å². The SMILES string of the molecule is CC[C@@H](C(=O)N1CC(O)C1)c1ccccc1. The minimum absolute atomic E-state index is 0.0614. The number of likely N-dealkylation sites (tertiary alicyclic amines) is 1. The summed E-state index contributed by atoms with van der Waals surface area (Å²) in [5.41, 5.74) is 1.07. The highest BCUT2D eigenvalue weighted by Gasteiger charge is 2.32. The normalized spacial score (nSPS) is 18.0. The van der Waals surface area contributed by atoms with Gasteiger partial charge < -0.3 is 10.0 Å². The zero-order valence-electron chi connectivity index (χ0n) is 9.47. The van der Waals surface area contributed by atoms with Crippen molar-refractivity contribution in [2.45, 2.75) is 25.4 Å². The van der Waals surface area contributed by atoms with Crippen LogP contribution in [-0.4, -0.2) is 35.1 Å². The van der Waals surface area contributed by atoms with E-state index in [1.165, 1.54) is 0 Å². The van der Waals surface area contributed by atoms with Crippen LogP contribution < -0.4 is 0 Å². The largest absolute Gasteiger partial charge is 0.389 e. The second-order valence-electron chi connectivity index (χ2n) is 4.27. The van der Waals surface area contributed by atoms with Crippen LogP contribution in [0, 0.1) is 0 Å². The molecule has 86 valence electrons. The molecule has 0 spiro atoms. The van der Waals surface area contributed by atoms with E-state index in [1.54, 1.807) is 4.90 Å². The first-order valence-corrected chi connectivity index (χ1v) is 5.74. The molecule has 3 nitrogen and oxygen atoms in total. The Hall–Kier alpha value is -1.35. The summed E-state index contributed by atoms with van der Waals surface area (Å²) < 4.78 is 0. The van der Waals surface area contributed by atoms with E-state index in [4.69, 9.17) is 0 Å². The smallest absolute Gasteiger partial charge is 0.230 e. The fraction of sp³-hybridized carbons (Fsp3) is 0.462. The first-order chi connectivity index (χ1) is 7.72. The molecule has 1 heterocycles. The molecule has 0 saturated carbocycles. The van der Waals surface area contributed by atoms with Crippen molar-refractivity contribution in [3.8, 4) is 0 Å². The fourth-order valence-corrected chi connectivity index (χ4v) is 2.09. The number of carbonyl (C=O) groups excluding carboxylic acids is 1. The molecular formula is C13H17NO2. The highest BCUT2D eigenvalue weighted by molar-refractivity contribution is 5.84. The molecule has 1 aromatic carbocycles. The fourth-order valence-electron chi connectivity index (χ4n) is 2.09. The lowest BCUT2D eigenvalue weighted by Gasteiger charge is -2.38. The summed E-state index contributed by atoms with van der Waals surface area (Å²) in [7, 11) is 0. The third-order valence-corrected chi connectivity index (χ3v) is 3.08. The summed E-state index contributed by atoms with van der Waals surface area (Å²) in [5, 5.41) is 9.20. The maximum atomic E-state index is 12.1. The summed E-state index contributed by atoms with van der Waals surface area (Å²) in [5.74, 6) is 0.0766. The van der Waals surface area contributed by atoms with Crippen LogP contribution in [0.5, 0.6) is 0 Å². The van der Waals surface area contributed by atoms with Gasteiger partial charge in [0.05, 0.1) is 12.0 Å². The summed E-state index contributed by atoms with van der Waals surface area (Å²) in [6.07, 6.45) is 0.479. The molecular weight excluding hydrogens is 202 g/mol. The molecule has 1 aliphatic heterocycles. The predicted molar refractivity (Wildman–Crippen MR) is 62.1 cm³/mol. The van der Waals surface area contributed by atoms with Crippen molar-refractivity contribution >= 4 is 5.91 Å². The van der Waals surface area contributed by atoms with Crippen LogP contribution in [0.15, 0.2) is 30.3 Å². The van der Waals surface area contributed by atoms with E-state index in [9.17, 15) is 9.90 Å². The number of β-amino-alcohol motifs (C(OH)–C–C–N with tert-alkyl or cyclic N) is 1. The standard InChI is InChI=1S/C13H17NO2/c1-2-12(10-6-4-3-5-7-10)13(16)14-8-11(15)9-14/h3-7,11-12,15H,2,8-9H2,1H3/t12-/m1/s1. The molecule has 1 N–H and O–H groups in total. The summed E-state index contributed by atoms with van der Waals surface area (Å²) in [4.78, 5) is 13.8. The van der Waals surface area contributed by atoms with Crippen molar-refractivity contribution in [2.75, 3.05) is 13.1 Å². The Morgan fingerprint density at radius 3 is 2.56 bits per heavy atom. The third kappa shape index (κ3) is 2.09. The van der Waals surface area contributed by atoms with E-state index in [2.05, 4.69) is 0 Å². The Morgan fingerprint density at radius 2 is 2.06 bits per heavy atom. The number of hydrogen-bond donors (Lipinski definition) is 1. The van der Waals surface area contributed by atoms with Gasteiger partial charge in [-0.15, -0.1) is 0 Å². The van der Waals surface area contributed by atoms with Gasteiger partial charge in [-0.1, -0.05) is 37.3 Å². The third-order valence-electron chi connectivity index (χ3n) is 3.08. The number of aliphatic hydroxyl groups excluding tert-OH is 1. The van der Waals surface area contributed by atoms with Gasteiger partial charge in [0.25, 0.3) is 0 Å². The van der Waals surface area contributed by atoms with E-state index in [0.717, 1.165) is 12.0 Å². The Balaban J connectivity index is 2.08. The minimum atomic E-state index is -0.322.